The molecule has 11 heteroatoms. The van der Waals surface area contributed by atoms with E-state index in [0.717, 1.165) is 5.56 Å². The van der Waals surface area contributed by atoms with Crippen LogP contribution in [0.15, 0.2) is 77.7 Å². The Bertz CT molecular complexity index is 1480. The van der Waals surface area contributed by atoms with Crippen LogP contribution in [0.3, 0.4) is 0 Å². The van der Waals surface area contributed by atoms with Gasteiger partial charge in [0.15, 0.2) is 0 Å². The average Bonchev–Trinajstić information content (AvgIpc) is 3.09. The summed E-state index contributed by atoms with van der Waals surface area (Å²) < 4.78 is 26.8. The van der Waals surface area contributed by atoms with Gasteiger partial charge in [0.05, 0.1) is 15.6 Å². The highest BCUT2D eigenvalue weighted by Crippen LogP contribution is 2.30. The molecule has 0 bridgehead atoms. The van der Waals surface area contributed by atoms with Crippen LogP contribution in [0, 0.1) is 0 Å². The summed E-state index contributed by atoms with van der Waals surface area (Å²) in [6, 6.07) is 18.8. The number of nitrogens with one attached hydrogen (secondary N) is 1. The van der Waals surface area contributed by atoms with E-state index in [2.05, 4.69) is 5.32 Å². The van der Waals surface area contributed by atoms with Crippen molar-refractivity contribution in [2.75, 3.05) is 13.1 Å². The summed E-state index contributed by atoms with van der Waals surface area (Å²) in [5.74, 6) is -1.92. The Balaban J connectivity index is 1.72. The lowest BCUT2D eigenvalue weighted by Gasteiger charge is -2.32. The molecular weight excluding hydrogens is 549 g/mol. The van der Waals surface area contributed by atoms with Gasteiger partial charge in [-0.15, -0.1) is 0 Å². The molecule has 3 amide bonds. The summed E-state index contributed by atoms with van der Waals surface area (Å²) in [4.78, 5) is 41.2. The lowest BCUT2D eigenvalue weighted by atomic mass is 10.0. The molecule has 1 N–H and O–H groups in total. The van der Waals surface area contributed by atoms with Gasteiger partial charge < -0.3 is 10.2 Å². The molecule has 1 aliphatic heterocycles. The maximum Gasteiger partial charge on any atom is 0.269 e. The third-order valence-electron chi connectivity index (χ3n) is 6.15. The molecule has 0 spiro atoms. The number of halogens is 2. The molecular formula is C27H25Cl2N3O5S. The van der Waals surface area contributed by atoms with Crippen molar-refractivity contribution in [1.29, 1.82) is 0 Å². The molecule has 4 rings (SSSR count). The van der Waals surface area contributed by atoms with Crippen LogP contribution in [0.5, 0.6) is 0 Å². The van der Waals surface area contributed by atoms with E-state index >= 15 is 0 Å². The second kappa shape index (κ2) is 11.6. The van der Waals surface area contributed by atoms with Gasteiger partial charge in [-0.25, -0.2) is 12.7 Å². The number of likely N-dealkylation sites (N-methyl/N-ethyl adjacent to an activating group) is 1. The molecule has 0 saturated carbocycles. The highest BCUT2D eigenvalue weighted by atomic mass is 35.5. The van der Waals surface area contributed by atoms with Crippen LogP contribution >= 0.6 is 23.2 Å². The second-order valence-electron chi connectivity index (χ2n) is 8.68. The predicted octanol–water partition coefficient (Wildman–Crippen LogP) is 3.91. The summed E-state index contributed by atoms with van der Waals surface area (Å²) in [5.41, 5.74) is 1.38. The molecule has 1 heterocycles. The summed E-state index contributed by atoms with van der Waals surface area (Å²) in [6.45, 7) is 1.25. The predicted molar refractivity (Wildman–Crippen MR) is 144 cm³/mol. The summed E-state index contributed by atoms with van der Waals surface area (Å²) in [7, 11) is -4.23. The van der Waals surface area contributed by atoms with Gasteiger partial charge in [-0.05, 0) is 42.3 Å². The smallest absolute Gasteiger partial charge is 0.269 e. The lowest BCUT2D eigenvalue weighted by Crippen LogP contribution is -2.53. The topological polar surface area (TPSA) is 104 Å². The van der Waals surface area contributed by atoms with Gasteiger partial charge in [0.25, 0.3) is 15.9 Å². The van der Waals surface area contributed by atoms with Crippen molar-refractivity contribution in [3.05, 3.63) is 99.5 Å². The highest BCUT2D eigenvalue weighted by Gasteiger charge is 2.43. The van der Waals surface area contributed by atoms with Gasteiger partial charge in [0, 0.05) is 19.5 Å². The number of nitrogens with zero attached hydrogens (tertiary/aromatic N) is 2. The van der Waals surface area contributed by atoms with Crippen LogP contribution in [0.25, 0.3) is 0 Å². The minimum absolute atomic E-state index is 0.000828. The highest BCUT2D eigenvalue weighted by molar-refractivity contribution is 7.90. The number of rotatable bonds is 9. The molecule has 3 aromatic carbocycles. The van der Waals surface area contributed by atoms with E-state index in [9.17, 15) is 22.8 Å². The van der Waals surface area contributed by atoms with E-state index < -0.39 is 40.3 Å². The quantitative estimate of drug-likeness (QED) is 0.418. The van der Waals surface area contributed by atoms with Gasteiger partial charge in [-0.1, -0.05) is 71.7 Å². The number of sulfonamides is 1. The first-order valence-electron chi connectivity index (χ1n) is 11.8. The Morgan fingerprint density at radius 3 is 2.29 bits per heavy atom. The third-order valence-corrected chi connectivity index (χ3v) is 8.68. The first-order chi connectivity index (χ1) is 18.1. The van der Waals surface area contributed by atoms with Crippen LogP contribution in [-0.4, -0.2) is 54.5 Å². The first kappa shape index (κ1) is 27.6. The largest absolute Gasteiger partial charge is 0.355 e. The van der Waals surface area contributed by atoms with Crippen molar-refractivity contribution in [1.82, 2.24) is 14.5 Å². The Labute approximate surface area is 231 Å². The van der Waals surface area contributed by atoms with Crippen molar-refractivity contribution in [3.8, 4) is 0 Å². The van der Waals surface area contributed by atoms with E-state index in [1.165, 1.54) is 23.1 Å². The maximum absolute atomic E-state index is 13.8. The Morgan fingerprint density at radius 1 is 0.947 bits per heavy atom. The lowest BCUT2D eigenvalue weighted by molar-refractivity contribution is -0.141. The van der Waals surface area contributed by atoms with Crippen LogP contribution < -0.4 is 5.32 Å². The Kier molecular flexibility index (Phi) is 8.40. The van der Waals surface area contributed by atoms with Gasteiger partial charge in [-0.3, -0.25) is 14.4 Å². The molecule has 1 unspecified atom stereocenters. The Morgan fingerprint density at radius 2 is 1.63 bits per heavy atom. The minimum Gasteiger partial charge on any atom is -0.355 e. The zero-order valence-electron chi connectivity index (χ0n) is 20.4. The number of fused-ring (bicyclic) bond motifs is 1. The average molecular weight is 574 g/mol. The molecule has 0 radical (unpaired) electrons. The van der Waals surface area contributed by atoms with Crippen molar-refractivity contribution in [3.63, 3.8) is 0 Å². The number of carbonyl (C=O) groups is 3. The minimum atomic E-state index is -4.23. The van der Waals surface area contributed by atoms with Gasteiger partial charge >= 0.3 is 0 Å². The molecule has 198 valence electrons. The standard InChI is InChI=1S/C27H25Cl2N3O5S/c1-2-30-26(34)23(15-18-8-4-3-5-9-18)31(16-19-12-13-21(28)22(29)14-19)25(33)17-32-27(35)20-10-6-7-11-24(20)38(32,36)37/h3-14,23H,2,15-17H2,1H3,(H,30,34). The maximum atomic E-state index is 13.8. The van der Waals surface area contributed by atoms with E-state index in [0.29, 0.717) is 21.4 Å². The van der Waals surface area contributed by atoms with Crippen molar-refractivity contribution in [2.24, 2.45) is 0 Å². The zero-order chi connectivity index (χ0) is 27.4. The molecule has 8 nitrogen and oxygen atoms in total. The summed E-state index contributed by atoms with van der Waals surface area (Å²) >= 11 is 12.3. The van der Waals surface area contributed by atoms with E-state index in [4.69, 9.17) is 23.2 Å². The van der Waals surface area contributed by atoms with E-state index in [1.807, 2.05) is 30.3 Å². The third kappa shape index (κ3) is 5.70. The van der Waals surface area contributed by atoms with Crippen molar-refractivity contribution >= 4 is 50.9 Å². The van der Waals surface area contributed by atoms with Gasteiger partial charge in [0.1, 0.15) is 17.5 Å². The summed E-state index contributed by atoms with van der Waals surface area (Å²) in [6.07, 6.45) is 0.167. The van der Waals surface area contributed by atoms with Crippen molar-refractivity contribution < 1.29 is 22.8 Å². The normalized spacial score (nSPS) is 14.6. The first-order valence-corrected chi connectivity index (χ1v) is 14.0. The fraction of sp³-hybridized carbons (Fsp3) is 0.222. The molecule has 1 aliphatic rings. The molecule has 0 aliphatic carbocycles. The SMILES string of the molecule is CCNC(=O)C(Cc1ccccc1)N(Cc1ccc(Cl)c(Cl)c1)C(=O)CN1C(=O)c2ccccc2S1(=O)=O. The number of hydrogen-bond acceptors (Lipinski definition) is 5. The number of benzene rings is 3. The van der Waals surface area contributed by atoms with Crippen LogP contribution in [0.2, 0.25) is 10.0 Å². The molecule has 38 heavy (non-hydrogen) atoms. The molecule has 3 aromatic rings. The second-order valence-corrected chi connectivity index (χ2v) is 11.3. The molecule has 0 aromatic heterocycles. The summed E-state index contributed by atoms with van der Waals surface area (Å²) in [5, 5.41) is 3.35. The van der Waals surface area contributed by atoms with Gasteiger partial charge in [-0.2, -0.15) is 0 Å². The number of carbonyl (C=O) groups excluding carboxylic acids is 3. The van der Waals surface area contributed by atoms with E-state index in [1.54, 1.807) is 31.2 Å². The van der Waals surface area contributed by atoms with Crippen molar-refractivity contribution in [2.45, 2.75) is 30.8 Å². The number of amides is 3. The van der Waals surface area contributed by atoms with Crippen LogP contribution in [0.4, 0.5) is 0 Å². The van der Waals surface area contributed by atoms with E-state index in [-0.39, 0.29) is 28.4 Å². The fourth-order valence-corrected chi connectivity index (χ4v) is 6.12. The fourth-order valence-electron chi connectivity index (χ4n) is 4.28. The van der Waals surface area contributed by atoms with Crippen LogP contribution in [-0.2, 0) is 32.6 Å². The van der Waals surface area contributed by atoms with Crippen LogP contribution in [0.1, 0.15) is 28.4 Å². The number of hydrogen-bond donors (Lipinski definition) is 1. The molecule has 0 saturated heterocycles. The van der Waals surface area contributed by atoms with Gasteiger partial charge in [0.2, 0.25) is 11.8 Å². The Hall–Kier alpha value is -3.40. The molecule has 0 fully saturated rings. The monoisotopic (exact) mass is 573 g/mol. The zero-order valence-corrected chi connectivity index (χ0v) is 22.8. The molecule has 1 atom stereocenters.